The zero-order chi connectivity index (χ0) is 22.9. The van der Waals surface area contributed by atoms with Crippen LogP contribution in [0.25, 0.3) is 21.8 Å². The summed E-state index contributed by atoms with van der Waals surface area (Å²) in [5.41, 5.74) is 3.13. The zero-order valence-electron chi connectivity index (χ0n) is 18.2. The Morgan fingerprint density at radius 1 is 1.00 bits per heavy atom. The number of ether oxygens (including phenoxy) is 1. The van der Waals surface area contributed by atoms with Crippen LogP contribution in [-0.2, 0) is 21.4 Å². The molecular weight excluding hydrogens is 426 g/mol. The average molecular weight is 452 g/mol. The van der Waals surface area contributed by atoms with Crippen molar-refractivity contribution in [3.8, 4) is 5.75 Å². The van der Waals surface area contributed by atoms with Crippen molar-refractivity contribution in [2.45, 2.75) is 13.5 Å². The van der Waals surface area contributed by atoms with E-state index in [0.717, 1.165) is 38.9 Å². The van der Waals surface area contributed by atoms with Gasteiger partial charge in [-0.1, -0.05) is 30.3 Å². The van der Waals surface area contributed by atoms with Gasteiger partial charge in [0.05, 0.1) is 19.1 Å². The van der Waals surface area contributed by atoms with E-state index < -0.39 is 15.9 Å². The van der Waals surface area contributed by atoms with E-state index in [1.807, 2.05) is 30.3 Å². The molecule has 0 aliphatic rings. The van der Waals surface area contributed by atoms with Crippen molar-refractivity contribution in [1.29, 1.82) is 0 Å². The molecule has 1 N–H and O–H groups in total. The fourth-order valence-corrected chi connectivity index (χ4v) is 4.88. The second-order valence-electron chi connectivity index (χ2n) is 7.48. The first-order valence-electron chi connectivity index (χ1n) is 10.2. The predicted octanol–water partition coefficient (Wildman–Crippen LogP) is 4.23. The van der Waals surface area contributed by atoms with Crippen molar-refractivity contribution >= 4 is 49.1 Å². The second kappa shape index (κ2) is 8.55. The normalized spacial score (nSPS) is 11.6. The van der Waals surface area contributed by atoms with Crippen LogP contribution in [0, 0.1) is 0 Å². The Hall–Kier alpha value is -3.52. The molecule has 4 rings (SSSR count). The Balaban J connectivity index is 1.65. The first kappa shape index (κ1) is 21.7. The summed E-state index contributed by atoms with van der Waals surface area (Å²) in [6, 6.07) is 20.6. The summed E-state index contributed by atoms with van der Waals surface area (Å²) in [6.45, 7) is 2.56. The summed E-state index contributed by atoms with van der Waals surface area (Å²) in [7, 11) is -2.25. The number of methoxy groups -OCH3 is 1. The molecule has 166 valence electrons. The number of sulfonamides is 1. The number of aryl methyl sites for hydroxylation is 1. The van der Waals surface area contributed by atoms with Crippen molar-refractivity contribution in [3.05, 3.63) is 66.7 Å². The number of aromatic nitrogens is 1. The molecule has 0 saturated heterocycles. The third-order valence-electron chi connectivity index (χ3n) is 5.41. The van der Waals surface area contributed by atoms with E-state index in [-0.39, 0.29) is 6.54 Å². The maximum atomic E-state index is 12.8. The Kier molecular flexibility index (Phi) is 5.80. The van der Waals surface area contributed by atoms with Gasteiger partial charge in [0.15, 0.2) is 0 Å². The van der Waals surface area contributed by atoms with Crippen molar-refractivity contribution < 1.29 is 17.9 Å². The number of rotatable bonds is 7. The summed E-state index contributed by atoms with van der Waals surface area (Å²) in [5.74, 6) is -0.0700. The van der Waals surface area contributed by atoms with Crippen molar-refractivity contribution in [2.75, 3.05) is 29.5 Å². The molecule has 0 unspecified atom stereocenters. The van der Waals surface area contributed by atoms with E-state index in [4.69, 9.17) is 4.74 Å². The topological polar surface area (TPSA) is 80.6 Å². The molecule has 0 aliphatic heterocycles. The molecule has 1 heterocycles. The molecule has 8 heteroatoms. The minimum atomic E-state index is -3.71. The van der Waals surface area contributed by atoms with Crippen LogP contribution in [0.15, 0.2) is 66.7 Å². The highest BCUT2D eigenvalue weighted by Gasteiger charge is 2.24. The second-order valence-corrected chi connectivity index (χ2v) is 9.39. The smallest absolute Gasteiger partial charge is 0.245 e. The lowest BCUT2D eigenvalue weighted by atomic mass is 10.1. The molecule has 1 amide bonds. The molecule has 0 fully saturated rings. The van der Waals surface area contributed by atoms with Crippen LogP contribution in [0.1, 0.15) is 6.92 Å². The van der Waals surface area contributed by atoms with Gasteiger partial charge in [0.2, 0.25) is 15.9 Å². The molecule has 0 radical (unpaired) electrons. The third-order valence-corrected chi connectivity index (χ3v) is 6.54. The lowest BCUT2D eigenvalue weighted by Gasteiger charge is -2.23. The number of nitrogens with one attached hydrogen (secondary N) is 1. The van der Waals surface area contributed by atoms with Gasteiger partial charge >= 0.3 is 0 Å². The van der Waals surface area contributed by atoms with Crippen molar-refractivity contribution in [2.24, 2.45) is 0 Å². The fourth-order valence-electron chi connectivity index (χ4n) is 4.02. The zero-order valence-corrected chi connectivity index (χ0v) is 19.0. The van der Waals surface area contributed by atoms with Crippen LogP contribution in [0.2, 0.25) is 0 Å². The van der Waals surface area contributed by atoms with Crippen LogP contribution in [-0.4, -0.2) is 38.8 Å². The molecule has 7 nitrogen and oxygen atoms in total. The van der Waals surface area contributed by atoms with Gasteiger partial charge in [-0.05, 0) is 43.3 Å². The first-order valence-corrected chi connectivity index (χ1v) is 12.1. The Morgan fingerprint density at radius 3 is 2.41 bits per heavy atom. The Bertz CT molecular complexity index is 1410. The van der Waals surface area contributed by atoms with E-state index in [0.29, 0.717) is 17.1 Å². The van der Waals surface area contributed by atoms with Crippen LogP contribution in [0.4, 0.5) is 11.4 Å². The quantitative estimate of drug-likeness (QED) is 0.456. The number of carbonyl (C=O) groups excluding carboxylic acids is 1. The van der Waals surface area contributed by atoms with Gasteiger partial charge < -0.3 is 14.6 Å². The SMILES string of the molecule is CCn1c2ccccc2c2cc(NC(=O)CN(c3ccccc3OC)S(C)(=O)=O)ccc21. The highest BCUT2D eigenvalue weighted by Crippen LogP contribution is 2.32. The van der Waals surface area contributed by atoms with Crippen LogP contribution in [0.5, 0.6) is 5.75 Å². The highest BCUT2D eigenvalue weighted by atomic mass is 32.2. The van der Waals surface area contributed by atoms with Crippen LogP contribution >= 0.6 is 0 Å². The molecule has 0 saturated carbocycles. The maximum Gasteiger partial charge on any atom is 0.245 e. The molecular formula is C24H25N3O4S. The standard InChI is InChI=1S/C24H25N3O4S/c1-4-26-20-10-6-5-9-18(20)19-15-17(13-14-21(19)26)25-24(28)16-27(32(3,29)30)22-11-7-8-12-23(22)31-2/h5-15H,4,16H2,1-3H3,(H,25,28). The van der Waals surface area contributed by atoms with E-state index in [1.54, 1.807) is 24.3 Å². The van der Waals surface area contributed by atoms with E-state index >= 15 is 0 Å². The number of fused-ring (bicyclic) bond motifs is 3. The predicted molar refractivity (Wildman–Crippen MR) is 129 cm³/mol. The van der Waals surface area contributed by atoms with Crippen molar-refractivity contribution in [1.82, 2.24) is 4.57 Å². The van der Waals surface area contributed by atoms with E-state index in [9.17, 15) is 13.2 Å². The molecule has 3 aromatic carbocycles. The number of amides is 1. The molecule has 0 spiro atoms. The summed E-state index contributed by atoms with van der Waals surface area (Å²) in [5, 5.41) is 4.98. The van der Waals surface area contributed by atoms with Gasteiger partial charge in [-0.25, -0.2) is 8.42 Å². The minimum absolute atomic E-state index is 0.314. The highest BCUT2D eigenvalue weighted by molar-refractivity contribution is 7.92. The summed E-state index contributed by atoms with van der Waals surface area (Å²) >= 11 is 0. The average Bonchev–Trinajstić information content (AvgIpc) is 3.09. The van der Waals surface area contributed by atoms with Gasteiger partial charge in [-0.15, -0.1) is 0 Å². The molecule has 1 aromatic heterocycles. The number of hydrogen-bond acceptors (Lipinski definition) is 4. The van der Waals surface area contributed by atoms with Crippen LogP contribution in [0.3, 0.4) is 0 Å². The van der Waals surface area contributed by atoms with Gasteiger partial charge in [-0.3, -0.25) is 9.10 Å². The number of carbonyl (C=O) groups is 1. The number of anilines is 2. The number of para-hydroxylation sites is 3. The van der Waals surface area contributed by atoms with Gasteiger partial charge in [-0.2, -0.15) is 0 Å². The number of hydrogen-bond donors (Lipinski definition) is 1. The molecule has 0 atom stereocenters. The third kappa shape index (κ3) is 4.01. The van der Waals surface area contributed by atoms with Crippen LogP contribution < -0.4 is 14.4 Å². The van der Waals surface area contributed by atoms with Crippen molar-refractivity contribution in [3.63, 3.8) is 0 Å². The van der Waals surface area contributed by atoms with Gasteiger partial charge in [0, 0.05) is 34.0 Å². The maximum absolute atomic E-state index is 12.8. The Labute approximate surface area is 187 Å². The lowest BCUT2D eigenvalue weighted by molar-refractivity contribution is -0.114. The van der Waals surface area contributed by atoms with E-state index in [1.165, 1.54) is 7.11 Å². The fraction of sp³-hybridized carbons (Fsp3) is 0.208. The largest absolute Gasteiger partial charge is 0.495 e. The number of nitrogens with zero attached hydrogens (tertiary/aromatic N) is 2. The molecule has 32 heavy (non-hydrogen) atoms. The van der Waals surface area contributed by atoms with Gasteiger partial charge in [0.1, 0.15) is 12.3 Å². The number of benzene rings is 3. The molecule has 4 aromatic rings. The Morgan fingerprint density at radius 2 is 1.69 bits per heavy atom. The van der Waals surface area contributed by atoms with Gasteiger partial charge in [0.25, 0.3) is 0 Å². The molecule has 0 aliphatic carbocycles. The first-order chi connectivity index (χ1) is 15.3. The summed E-state index contributed by atoms with van der Waals surface area (Å²) in [6.07, 6.45) is 1.07. The molecule has 0 bridgehead atoms. The van der Waals surface area contributed by atoms with E-state index in [2.05, 4.69) is 28.9 Å². The summed E-state index contributed by atoms with van der Waals surface area (Å²) < 4.78 is 33.4. The summed E-state index contributed by atoms with van der Waals surface area (Å²) in [4.78, 5) is 12.8. The minimum Gasteiger partial charge on any atom is -0.495 e. The lowest BCUT2D eigenvalue weighted by Crippen LogP contribution is -2.37. The monoisotopic (exact) mass is 451 g/mol.